The van der Waals surface area contributed by atoms with Gasteiger partial charge in [-0.05, 0) is 18.6 Å². The van der Waals surface area contributed by atoms with Crippen LogP contribution in [0.1, 0.15) is 18.0 Å². The molecule has 0 saturated carbocycles. The predicted molar refractivity (Wildman–Crippen MR) is 80.6 cm³/mol. The Labute approximate surface area is 129 Å². The molecule has 0 radical (unpaired) electrons. The molecule has 0 unspecified atom stereocenters. The largest absolute Gasteiger partial charge is 0.314 e. The summed E-state index contributed by atoms with van der Waals surface area (Å²) in [5.41, 5.74) is 0.239. The average molecular weight is 323 g/mol. The summed E-state index contributed by atoms with van der Waals surface area (Å²) in [6, 6.07) is 1.93. The Balaban J connectivity index is 0.00000200. The lowest BCUT2D eigenvalue weighted by Gasteiger charge is -2.35. The first-order chi connectivity index (χ1) is 9.15. The molecule has 0 spiro atoms. The van der Waals surface area contributed by atoms with E-state index in [-0.39, 0.29) is 29.0 Å². The SMILES string of the molecule is C=CC[C@@H](c1c(F)ccc(F)c1Cl)N1CCNCC1.Cl. The van der Waals surface area contributed by atoms with Gasteiger partial charge in [-0.25, -0.2) is 8.78 Å². The van der Waals surface area contributed by atoms with Crippen molar-refractivity contribution in [1.82, 2.24) is 10.2 Å². The topological polar surface area (TPSA) is 15.3 Å². The van der Waals surface area contributed by atoms with Crippen LogP contribution in [0.15, 0.2) is 24.8 Å². The van der Waals surface area contributed by atoms with Gasteiger partial charge < -0.3 is 5.32 Å². The summed E-state index contributed by atoms with van der Waals surface area (Å²) in [5, 5.41) is 3.12. The molecule has 20 heavy (non-hydrogen) atoms. The maximum Gasteiger partial charge on any atom is 0.142 e. The Morgan fingerprint density at radius 2 is 1.90 bits per heavy atom. The van der Waals surface area contributed by atoms with Crippen molar-refractivity contribution in [2.75, 3.05) is 26.2 Å². The molecule has 1 aliphatic rings. The molecule has 0 bridgehead atoms. The molecule has 1 saturated heterocycles. The van der Waals surface area contributed by atoms with Crippen LogP contribution in [-0.2, 0) is 0 Å². The molecule has 0 amide bonds. The molecule has 1 aliphatic heterocycles. The van der Waals surface area contributed by atoms with Gasteiger partial charge in [0.25, 0.3) is 0 Å². The van der Waals surface area contributed by atoms with E-state index in [1.165, 1.54) is 0 Å². The van der Waals surface area contributed by atoms with Crippen LogP contribution in [0.3, 0.4) is 0 Å². The first-order valence-corrected chi connectivity index (χ1v) is 6.72. The number of hydrogen-bond acceptors (Lipinski definition) is 2. The lowest BCUT2D eigenvalue weighted by atomic mass is 10.00. The third kappa shape index (κ3) is 3.70. The molecule has 0 aliphatic carbocycles. The molecular formula is C14H18Cl2F2N2. The van der Waals surface area contributed by atoms with Gasteiger partial charge in [-0.2, -0.15) is 0 Å². The number of nitrogens with zero attached hydrogens (tertiary/aromatic N) is 1. The van der Waals surface area contributed by atoms with E-state index in [1.807, 2.05) is 0 Å². The summed E-state index contributed by atoms with van der Waals surface area (Å²) in [5.74, 6) is -1.04. The van der Waals surface area contributed by atoms with E-state index in [0.717, 1.165) is 38.3 Å². The zero-order valence-electron chi connectivity index (χ0n) is 11.0. The van der Waals surface area contributed by atoms with Gasteiger partial charge in [0.2, 0.25) is 0 Å². The van der Waals surface area contributed by atoms with Gasteiger partial charge in [0.05, 0.1) is 5.02 Å². The Hall–Kier alpha value is -0.680. The number of benzene rings is 1. The van der Waals surface area contributed by atoms with E-state index in [4.69, 9.17) is 11.6 Å². The van der Waals surface area contributed by atoms with Crippen LogP contribution < -0.4 is 5.32 Å². The van der Waals surface area contributed by atoms with Crippen LogP contribution in [0.4, 0.5) is 8.78 Å². The summed E-state index contributed by atoms with van der Waals surface area (Å²) in [4.78, 5) is 2.11. The van der Waals surface area contributed by atoms with E-state index in [0.29, 0.717) is 6.42 Å². The minimum atomic E-state index is -0.581. The summed E-state index contributed by atoms with van der Waals surface area (Å²) in [7, 11) is 0. The first kappa shape index (κ1) is 17.4. The second kappa shape index (κ2) is 7.93. The van der Waals surface area contributed by atoms with Gasteiger partial charge in [-0.1, -0.05) is 17.7 Å². The minimum absolute atomic E-state index is 0. The van der Waals surface area contributed by atoms with Crippen molar-refractivity contribution in [3.8, 4) is 0 Å². The zero-order valence-corrected chi connectivity index (χ0v) is 12.6. The molecule has 1 heterocycles. The van der Waals surface area contributed by atoms with Crippen LogP contribution in [-0.4, -0.2) is 31.1 Å². The lowest BCUT2D eigenvalue weighted by Crippen LogP contribution is -2.45. The fourth-order valence-electron chi connectivity index (χ4n) is 2.45. The zero-order chi connectivity index (χ0) is 13.8. The fraction of sp³-hybridized carbons (Fsp3) is 0.429. The van der Waals surface area contributed by atoms with Crippen LogP contribution in [0, 0.1) is 11.6 Å². The van der Waals surface area contributed by atoms with Gasteiger partial charge in [0.1, 0.15) is 11.6 Å². The number of hydrogen-bond donors (Lipinski definition) is 1. The third-order valence-corrected chi connectivity index (χ3v) is 3.78. The minimum Gasteiger partial charge on any atom is -0.314 e. The van der Waals surface area contributed by atoms with E-state index < -0.39 is 11.6 Å². The maximum absolute atomic E-state index is 14.0. The smallest absolute Gasteiger partial charge is 0.142 e. The second-order valence-electron chi connectivity index (χ2n) is 4.58. The number of halogens is 4. The average Bonchev–Trinajstić information content (AvgIpc) is 2.43. The summed E-state index contributed by atoms with van der Waals surface area (Å²) in [6.45, 7) is 6.94. The lowest BCUT2D eigenvalue weighted by molar-refractivity contribution is 0.171. The third-order valence-electron chi connectivity index (χ3n) is 3.39. The standard InChI is InChI=1S/C14H17ClF2N2.ClH/c1-2-3-12(19-8-6-18-7-9-19)13-10(16)4-5-11(17)14(13)15;/h2,4-5,12,18H,1,3,6-9H2;1H/t12-;/m0./s1. The van der Waals surface area contributed by atoms with Crippen LogP contribution in [0.2, 0.25) is 5.02 Å². The van der Waals surface area contributed by atoms with Gasteiger partial charge in [-0.3, -0.25) is 4.90 Å². The molecule has 1 fully saturated rings. The highest BCUT2D eigenvalue weighted by atomic mass is 35.5. The molecule has 1 aromatic rings. The van der Waals surface area contributed by atoms with E-state index >= 15 is 0 Å². The first-order valence-electron chi connectivity index (χ1n) is 6.34. The highest BCUT2D eigenvalue weighted by molar-refractivity contribution is 6.31. The maximum atomic E-state index is 14.0. The normalized spacial score (nSPS) is 17.4. The van der Waals surface area contributed by atoms with Crippen molar-refractivity contribution in [3.05, 3.63) is 47.0 Å². The van der Waals surface area contributed by atoms with Crippen molar-refractivity contribution in [1.29, 1.82) is 0 Å². The Morgan fingerprint density at radius 1 is 1.30 bits per heavy atom. The second-order valence-corrected chi connectivity index (χ2v) is 4.96. The summed E-state index contributed by atoms with van der Waals surface area (Å²) >= 11 is 5.96. The monoisotopic (exact) mass is 322 g/mol. The quantitative estimate of drug-likeness (QED) is 0.673. The summed E-state index contributed by atoms with van der Waals surface area (Å²) < 4.78 is 27.6. The Bertz CT molecular complexity index is 463. The number of nitrogens with one attached hydrogen (secondary N) is 1. The molecule has 0 aromatic heterocycles. The molecule has 1 N–H and O–H groups in total. The molecule has 1 aromatic carbocycles. The van der Waals surface area contributed by atoms with Crippen LogP contribution >= 0.6 is 24.0 Å². The van der Waals surface area contributed by atoms with Gasteiger partial charge in [0.15, 0.2) is 0 Å². The Morgan fingerprint density at radius 3 is 2.50 bits per heavy atom. The molecular weight excluding hydrogens is 305 g/mol. The van der Waals surface area contributed by atoms with Crippen LogP contribution in [0.5, 0.6) is 0 Å². The van der Waals surface area contributed by atoms with Crippen LogP contribution in [0.25, 0.3) is 0 Å². The fourth-order valence-corrected chi connectivity index (χ4v) is 2.73. The Kier molecular flexibility index (Phi) is 6.89. The molecule has 2 nitrogen and oxygen atoms in total. The molecule has 2 rings (SSSR count). The predicted octanol–water partition coefficient (Wildman–Crippen LogP) is 3.56. The van der Waals surface area contributed by atoms with Crippen molar-refractivity contribution in [2.24, 2.45) is 0 Å². The molecule has 6 heteroatoms. The van der Waals surface area contributed by atoms with Gasteiger partial charge in [-0.15, -0.1) is 19.0 Å². The van der Waals surface area contributed by atoms with Gasteiger partial charge in [0, 0.05) is 37.8 Å². The summed E-state index contributed by atoms with van der Waals surface area (Å²) in [6.07, 6.45) is 2.26. The highest BCUT2D eigenvalue weighted by Gasteiger charge is 2.27. The van der Waals surface area contributed by atoms with E-state index in [1.54, 1.807) is 6.08 Å². The molecule has 1 atom stereocenters. The molecule has 112 valence electrons. The van der Waals surface area contributed by atoms with Crippen molar-refractivity contribution >= 4 is 24.0 Å². The number of rotatable bonds is 4. The van der Waals surface area contributed by atoms with Crippen molar-refractivity contribution in [3.63, 3.8) is 0 Å². The van der Waals surface area contributed by atoms with E-state index in [9.17, 15) is 8.78 Å². The highest BCUT2D eigenvalue weighted by Crippen LogP contribution is 2.34. The van der Waals surface area contributed by atoms with Crippen molar-refractivity contribution in [2.45, 2.75) is 12.5 Å². The van der Waals surface area contributed by atoms with Gasteiger partial charge >= 0.3 is 0 Å². The van der Waals surface area contributed by atoms with Crippen molar-refractivity contribution < 1.29 is 8.78 Å². The number of piperazine rings is 1. The van der Waals surface area contributed by atoms with E-state index in [2.05, 4.69) is 16.8 Å².